The minimum Gasteiger partial charge on any atom is -0.457 e. The summed E-state index contributed by atoms with van der Waals surface area (Å²) in [6, 6.07) is 28.8. The molecule has 4 rings (SSSR count). The van der Waals surface area contributed by atoms with E-state index in [4.69, 9.17) is 9.47 Å². The minimum absolute atomic E-state index is 0.569. The summed E-state index contributed by atoms with van der Waals surface area (Å²) in [5.74, 6) is 1.71. The van der Waals surface area contributed by atoms with E-state index < -0.39 is 0 Å². The van der Waals surface area contributed by atoms with Crippen LogP contribution < -0.4 is 4.74 Å². The second kappa shape index (κ2) is 11.7. The molecule has 0 atom stereocenters. The monoisotopic (exact) mass is 416 g/mol. The number of hydrogen-bond donors (Lipinski definition) is 0. The molecule has 0 radical (unpaired) electrons. The molecule has 3 aromatic rings. The van der Waals surface area contributed by atoms with E-state index in [0.29, 0.717) is 6.61 Å². The van der Waals surface area contributed by atoms with Crippen molar-refractivity contribution >= 4 is 0 Å². The lowest BCUT2D eigenvalue weighted by atomic mass is 10.1. The van der Waals surface area contributed by atoms with Crippen LogP contribution in [0.5, 0.6) is 11.5 Å². The van der Waals surface area contributed by atoms with E-state index in [-0.39, 0.29) is 0 Å². The van der Waals surface area contributed by atoms with Crippen LogP contribution in [0.1, 0.15) is 11.1 Å². The van der Waals surface area contributed by atoms with Crippen molar-refractivity contribution in [3.05, 3.63) is 96.1 Å². The first-order valence-corrected chi connectivity index (χ1v) is 11.2. The molecule has 3 aromatic carbocycles. The Hall–Kier alpha value is -2.66. The van der Waals surface area contributed by atoms with Gasteiger partial charge in [-0.2, -0.15) is 0 Å². The Labute approximate surface area is 186 Å². The topological polar surface area (TPSA) is 24.9 Å². The van der Waals surface area contributed by atoms with E-state index in [1.807, 2.05) is 48.5 Å². The van der Waals surface area contributed by atoms with Gasteiger partial charge in [-0.1, -0.05) is 66.7 Å². The number of nitrogens with zero attached hydrogens (tertiary/aromatic N) is 2. The summed E-state index contributed by atoms with van der Waals surface area (Å²) in [6.07, 6.45) is 1.13. The summed E-state index contributed by atoms with van der Waals surface area (Å²) in [7, 11) is 0. The molecule has 0 aromatic heterocycles. The van der Waals surface area contributed by atoms with Gasteiger partial charge in [0.05, 0.1) is 13.2 Å². The molecule has 1 aliphatic rings. The van der Waals surface area contributed by atoms with Crippen LogP contribution in [0.15, 0.2) is 84.9 Å². The Balaban J connectivity index is 1.14. The van der Waals surface area contributed by atoms with Crippen LogP contribution in [0.2, 0.25) is 0 Å². The fraction of sp³-hybridized carbons (Fsp3) is 0.333. The standard InChI is InChI=1S/C27H32N2O2/c1-3-9-24(10-4-1)15-16-28-17-19-29(20-18-28)21-22-30-23-25-11-7-8-14-27(25)31-26-12-5-2-6-13-26/h1-14H,15-23H2. The third-order valence-electron chi connectivity index (χ3n) is 5.78. The van der Waals surface area contributed by atoms with E-state index in [0.717, 1.165) is 69.4 Å². The lowest BCUT2D eigenvalue weighted by Gasteiger charge is -2.34. The van der Waals surface area contributed by atoms with Gasteiger partial charge in [-0.15, -0.1) is 0 Å². The van der Waals surface area contributed by atoms with Crippen molar-refractivity contribution in [2.75, 3.05) is 45.9 Å². The van der Waals surface area contributed by atoms with Crippen LogP contribution in [-0.4, -0.2) is 55.7 Å². The number of rotatable bonds is 10. The Bertz CT molecular complexity index is 893. The van der Waals surface area contributed by atoms with Crippen molar-refractivity contribution in [2.24, 2.45) is 0 Å². The molecule has 0 saturated carbocycles. The second-order valence-electron chi connectivity index (χ2n) is 7.99. The van der Waals surface area contributed by atoms with Gasteiger partial charge in [0.25, 0.3) is 0 Å². The maximum Gasteiger partial charge on any atom is 0.132 e. The van der Waals surface area contributed by atoms with Crippen molar-refractivity contribution in [1.82, 2.24) is 9.80 Å². The van der Waals surface area contributed by atoms with E-state index >= 15 is 0 Å². The molecule has 162 valence electrons. The molecule has 1 heterocycles. The Morgan fingerprint density at radius 3 is 2.00 bits per heavy atom. The maximum absolute atomic E-state index is 6.03. The Morgan fingerprint density at radius 1 is 0.645 bits per heavy atom. The first kappa shape index (κ1) is 21.6. The molecule has 31 heavy (non-hydrogen) atoms. The average molecular weight is 417 g/mol. The van der Waals surface area contributed by atoms with Gasteiger partial charge in [-0.3, -0.25) is 4.90 Å². The summed E-state index contributed by atoms with van der Waals surface area (Å²) in [6.45, 7) is 7.95. The summed E-state index contributed by atoms with van der Waals surface area (Å²) in [5, 5.41) is 0. The molecule has 0 N–H and O–H groups in total. The quantitative estimate of drug-likeness (QED) is 0.441. The van der Waals surface area contributed by atoms with Crippen molar-refractivity contribution < 1.29 is 9.47 Å². The van der Waals surface area contributed by atoms with Gasteiger partial charge in [-0.25, -0.2) is 0 Å². The molecule has 4 heteroatoms. The Kier molecular flexibility index (Phi) is 8.11. The largest absolute Gasteiger partial charge is 0.457 e. The van der Waals surface area contributed by atoms with Crippen molar-refractivity contribution in [3.63, 3.8) is 0 Å². The summed E-state index contributed by atoms with van der Waals surface area (Å²) in [4.78, 5) is 5.08. The lowest BCUT2D eigenvalue weighted by molar-refractivity contribution is 0.0681. The average Bonchev–Trinajstić information content (AvgIpc) is 2.83. The second-order valence-corrected chi connectivity index (χ2v) is 7.99. The van der Waals surface area contributed by atoms with Gasteiger partial charge in [0.1, 0.15) is 11.5 Å². The molecule has 0 bridgehead atoms. The predicted octanol–water partition coefficient (Wildman–Crippen LogP) is 4.86. The summed E-state index contributed by atoms with van der Waals surface area (Å²) >= 11 is 0. The third-order valence-corrected chi connectivity index (χ3v) is 5.78. The van der Waals surface area contributed by atoms with E-state index in [9.17, 15) is 0 Å². The predicted molar refractivity (Wildman–Crippen MR) is 126 cm³/mol. The van der Waals surface area contributed by atoms with Crippen LogP contribution in [0.3, 0.4) is 0 Å². The fourth-order valence-corrected chi connectivity index (χ4v) is 3.88. The van der Waals surface area contributed by atoms with E-state index in [1.165, 1.54) is 5.56 Å². The SMILES string of the molecule is c1ccc(CCN2CCN(CCOCc3ccccc3Oc3ccccc3)CC2)cc1. The van der Waals surface area contributed by atoms with E-state index in [1.54, 1.807) is 0 Å². The van der Waals surface area contributed by atoms with Gasteiger partial charge >= 0.3 is 0 Å². The smallest absolute Gasteiger partial charge is 0.132 e. The van der Waals surface area contributed by atoms with Crippen LogP contribution in [0, 0.1) is 0 Å². The van der Waals surface area contributed by atoms with Gasteiger partial charge in [0.15, 0.2) is 0 Å². The first-order valence-electron chi connectivity index (χ1n) is 11.2. The lowest BCUT2D eigenvalue weighted by Crippen LogP contribution is -2.47. The highest BCUT2D eigenvalue weighted by molar-refractivity contribution is 5.37. The zero-order valence-electron chi connectivity index (χ0n) is 18.2. The molecule has 1 saturated heterocycles. The maximum atomic E-state index is 6.03. The molecule has 1 aliphatic heterocycles. The van der Waals surface area contributed by atoms with Crippen molar-refractivity contribution in [2.45, 2.75) is 13.0 Å². The molecule has 4 nitrogen and oxygen atoms in total. The van der Waals surface area contributed by atoms with Crippen LogP contribution in [0.25, 0.3) is 0 Å². The van der Waals surface area contributed by atoms with Crippen LogP contribution in [-0.2, 0) is 17.8 Å². The van der Waals surface area contributed by atoms with Crippen LogP contribution >= 0.6 is 0 Å². The summed E-state index contributed by atoms with van der Waals surface area (Å²) < 4.78 is 12.0. The molecule has 1 fully saturated rings. The third kappa shape index (κ3) is 6.93. The normalized spacial score (nSPS) is 15.1. The fourth-order valence-electron chi connectivity index (χ4n) is 3.88. The highest BCUT2D eigenvalue weighted by Gasteiger charge is 2.16. The van der Waals surface area contributed by atoms with Gasteiger partial charge in [-0.05, 0) is 30.2 Å². The molecule has 0 spiro atoms. The Morgan fingerprint density at radius 2 is 1.26 bits per heavy atom. The number of para-hydroxylation sites is 2. The van der Waals surface area contributed by atoms with Gasteiger partial charge in [0, 0.05) is 44.8 Å². The number of hydrogen-bond acceptors (Lipinski definition) is 4. The molecule has 0 unspecified atom stereocenters. The first-order chi connectivity index (χ1) is 15.4. The van der Waals surface area contributed by atoms with Crippen molar-refractivity contribution in [3.8, 4) is 11.5 Å². The van der Waals surface area contributed by atoms with Gasteiger partial charge in [0.2, 0.25) is 0 Å². The van der Waals surface area contributed by atoms with Crippen molar-refractivity contribution in [1.29, 1.82) is 0 Å². The van der Waals surface area contributed by atoms with E-state index in [2.05, 4.69) is 46.2 Å². The number of benzene rings is 3. The number of ether oxygens (including phenoxy) is 2. The minimum atomic E-state index is 0.569. The zero-order valence-corrected chi connectivity index (χ0v) is 18.2. The molecular weight excluding hydrogens is 384 g/mol. The van der Waals surface area contributed by atoms with Crippen LogP contribution in [0.4, 0.5) is 0 Å². The van der Waals surface area contributed by atoms with Gasteiger partial charge < -0.3 is 14.4 Å². The highest BCUT2D eigenvalue weighted by atomic mass is 16.5. The number of piperazine rings is 1. The highest BCUT2D eigenvalue weighted by Crippen LogP contribution is 2.25. The molecular formula is C27H32N2O2. The molecule has 0 amide bonds. The summed E-state index contributed by atoms with van der Waals surface area (Å²) in [5.41, 5.74) is 2.51. The molecule has 0 aliphatic carbocycles. The zero-order chi connectivity index (χ0) is 21.1.